The topological polar surface area (TPSA) is 98.7 Å². The zero-order valence-corrected chi connectivity index (χ0v) is 12.8. The lowest BCUT2D eigenvalue weighted by molar-refractivity contribution is -0.140. The molecule has 0 aromatic heterocycles. The third kappa shape index (κ3) is 5.24. The van der Waals surface area contributed by atoms with Gasteiger partial charge in [-0.1, -0.05) is 19.3 Å². The van der Waals surface area contributed by atoms with Gasteiger partial charge in [0, 0.05) is 27.1 Å². The van der Waals surface area contributed by atoms with Gasteiger partial charge in [0.05, 0.1) is 12.0 Å². The van der Waals surface area contributed by atoms with Crippen molar-refractivity contribution in [1.29, 1.82) is 0 Å². The Morgan fingerprint density at radius 2 is 1.67 bits per heavy atom. The number of nitrogens with zero attached hydrogens (tertiary/aromatic N) is 1. The highest BCUT2D eigenvalue weighted by Crippen LogP contribution is 2.35. The average molecular weight is 299 g/mol. The molecule has 1 fully saturated rings. The van der Waals surface area contributed by atoms with Crippen molar-refractivity contribution in [2.45, 2.75) is 51.0 Å². The Kier molecular flexibility index (Phi) is 6.45. The largest absolute Gasteiger partial charge is 0.481 e. The second-order valence-corrected chi connectivity index (χ2v) is 5.63. The molecule has 7 heteroatoms. The zero-order chi connectivity index (χ0) is 15.9. The first kappa shape index (κ1) is 17.3. The average Bonchev–Trinajstić information content (AvgIpc) is 2.42. The van der Waals surface area contributed by atoms with E-state index in [0.29, 0.717) is 13.1 Å². The molecule has 0 unspecified atom stereocenters. The van der Waals surface area contributed by atoms with Gasteiger partial charge in [0.25, 0.3) is 0 Å². The van der Waals surface area contributed by atoms with Crippen LogP contribution in [0.5, 0.6) is 0 Å². The Labute approximate surface area is 125 Å². The van der Waals surface area contributed by atoms with Crippen molar-refractivity contribution in [3.63, 3.8) is 0 Å². The number of hydrogen-bond donors (Lipinski definition) is 3. The van der Waals surface area contributed by atoms with Gasteiger partial charge in [0.15, 0.2) is 0 Å². The second-order valence-electron chi connectivity index (χ2n) is 5.63. The molecule has 0 heterocycles. The van der Waals surface area contributed by atoms with Crippen molar-refractivity contribution in [3.8, 4) is 0 Å². The van der Waals surface area contributed by atoms with Gasteiger partial charge in [-0.25, -0.2) is 4.79 Å². The van der Waals surface area contributed by atoms with Gasteiger partial charge in [-0.2, -0.15) is 0 Å². The Balaban J connectivity index is 2.58. The minimum absolute atomic E-state index is 0.0252. The minimum Gasteiger partial charge on any atom is -0.481 e. The highest BCUT2D eigenvalue weighted by Gasteiger charge is 2.40. The predicted octanol–water partition coefficient (Wildman–Crippen LogP) is 0.941. The van der Waals surface area contributed by atoms with Crippen molar-refractivity contribution < 1.29 is 19.5 Å². The maximum atomic E-state index is 12.2. The highest BCUT2D eigenvalue weighted by atomic mass is 16.4. The molecule has 0 radical (unpaired) electrons. The van der Waals surface area contributed by atoms with E-state index in [1.807, 2.05) is 0 Å². The van der Waals surface area contributed by atoms with E-state index in [2.05, 4.69) is 10.6 Å². The second kappa shape index (κ2) is 7.85. The van der Waals surface area contributed by atoms with Gasteiger partial charge < -0.3 is 20.6 Å². The molecular formula is C14H25N3O4. The number of carboxylic acid groups (broad SMARTS) is 1. The molecule has 3 amide bonds. The van der Waals surface area contributed by atoms with E-state index in [1.165, 1.54) is 11.8 Å². The van der Waals surface area contributed by atoms with Crippen LogP contribution in [0, 0.1) is 0 Å². The fraction of sp³-hybridized carbons (Fsp3) is 0.786. The fourth-order valence-corrected chi connectivity index (χ4v) is 2.86. The standard InChI is InChI=1S/C14H25N3O4/c1-11(18)15-8-9-16-13(21)17(2)14(10-12(19)20)6-4-3-5-7-14/h3-10H2,1-2H3,(H,15,18)(H,16,21)(H,19,20). The first-order chi connectivity index (χ1) is 9.87. The third-order valence-electron chi connectivity index (χ3n) is 4.06. The van der Waals surface area contributed by atoms with Crippen molar-refractivity contribution in [2.24, 2.45) is 0 Å². The van der Waals surface area contributed by atoms with Crippen LogP contribution < -0.4 is 10.6 Å². The van der Waals surface area contributed by atoms with E-state index >= 15 is 0 Å². The van der Waals surface area contributed by atoms with Gasteiger partial charge in [-0.15, -0.1) is 0 Å². The number of amides is 3. The number of nitrogens with one attached hydrogen (secondary N) is 2. The summed E-state index contributed by atoms with van der Waals surface area (Å²) in [5, 5.41) is 14.4. The molecule has 0 aromatic rings. The van der Waals surface area contributed by atoms with E-state index < -0.39 is 11.5 Å². The molecule has 0 bridgehead atoms. The third-order valence-corrected chi connectivity index (χ3v) is 4.06. The van der Waals surface area contributed by atoms with Crippen LogP contribution in [0.3, 0.4) is 0 Å². The fourth-order valence-electron chi connectivity index (χ4n) is 2.86. The first-order valence-corrected chi connectivity index (χ1v) is 7.35. The molecule has 21 heavy (non-hydrogen) atoms. The Hall–Kier alpha value is -1.79. The van der Waals surface area contributed by atoms with Crippen molar-refractivity contribution in [3.05, 3.63) is 0 Å². The van der Waals surface area contributed by atoms with Crippen LogP contribution in [0.25, 0.3) is 0 Å². The van der Waals surface area contributed by atoms with Crippen LogP contribution in [0.2, 0.25) is 0 Å². The van der Waals surface area contributed by atoms with E-state index in [9.17, 15) is 14.4 Å². The SMILES string of the molecule is CC(=O)NCCNC(=O)N(C)C1(CC(=O)O)CCCCC1. The Morgan fingerprint density at radius 3 is 2.19 bits per heavy atom. The van der Waals surface area contributed by atoms with Gasteiger partial charge in [-0.3, -0.25) is 9.59 Å². The quantitative estimate of drug-likeness (QED) is 0.636. The number of urea groups is 1. The summed E-state index contributed by atoms with van der Waals surface area (Å²) in [4.78, 5) is 35.6. The molecule has 0 aliphatic heterocycles. The van der Waals surface area contributed by atoms with E-state index in [1.54, 1.807) is 7.05 Å². The lowest BCUT2D eigenvalue weighted by Crippen LogP contribution is -2.55. The summed E-state index contributed by atoms with van der Waals surface area (Å²) in [6.45, 7) is 2.10. The summed E-state index contributed by atoms with van der Waals surface area (Å²) in [5.41, 5.74) is -0.595. The molecule has 3 N–H and O–H groups in total. The van der Waals surface area contributed by atoms with Crippen molar-refractivity contribution >= 4 is 17.9 Å². The molecule has 120 valence electrons. The van der Waals surface area contributed by atoms with Crippen LogP contribution in [0.4, 0.5) is 4.79 Å². The zero-order valence-electron chi connectivity index (χ0n) is 12.8. The lowest BCUT2D eigenvalue weighted by atomic mass is 9.78. The molecule has 1 saturated carbocycles. The van der Waals surface area contributed by atoms with Crippen molar-refractivity contribution in [2.75, 3.05) is 20.1 Å². The number of carbonyl (C=O) groups is 3. The normalized spacial score (nSPS) is 16.9. The smallest absolute Gasteiger partial charge is 0.317 e. The minimum atomic E-state index is -0.880. The molecule has 0 spiro atoms. The van der Waals surface area contributed by atoms with Crippen LogP contribution in [-0.2, 0) is 9.59 Å². The van der Waals surface area contributed by atoms with E-state index in [4.69, 9.17) is 5.11 Å². The molecule has 0 atom stereocenters. The molecule has 0 aromatic carbocycles. The number of aliphatic carboxylic acids is 1. The Bertz CT molecular complexity index is 392. The summed E-state index contributed by atoms with van der Waals surface area (Å²) in [5.74, 6) is -1.03. The monoisotopic (exact) mass is 299 g/mol. The first-order valence-electron chi connectivity index (χ1n) is 7.35. The van der Waals surface area contributed by atoms with Crippen LogP contribution in [0.15, 0.2) is 0 Å². The number of hydrogen-bond acceptors (Lipinski definition) is 3. The van der Waals surface area contributed by atoms with Crippen LogP contribution in [0.1, 0.15) is 45.4 Å². The highest BCUT2D eigenvalue weighted by molar-refractivity contribution is 5.77. The van der Waals surface area contributed by atoms with Gasteiger partial charge in [-0.05, 0) is 12.8 Å². The van der Waals surface area contributed by atoms with Gasteiger partial charge in [0.2, 0.25) is 5.91 Å². The van der Waals surface area contributed by atoms with E-state index in [0.717, 1.165) is 32.1 Å². The number of carboxylic acids is 1. The number of rotatable bonds is 6. The predicted molar refractivity (Wildman–Crippen MR) is 77.9 cm³/mol. The van der Waals surface area contributed by atoms with E-state index in [-0.39, 0.29) is 18.4 Å². The molecule has 0 saturated heterocycles. The lowest BCUT2D eigenvalue weighted by Gasteiger charge is -2.43. The molecule has 7 nitrogen and oxygen atoms in total. The summed E-state index contributed by atoms with van der Waals surface area (Å²) in [7, 11) is 1.65. The molecule has 1 aliphatic carbocycles. The summed E-state index contributed by atoms with van der Waals surface area (Å²) in [6.07, 6.45) is 4.37. The molecule has 1 rings (SSSR count). The van der Waals surface area contributed by atoms with Gasteiger partial charge >= 0.3 is 12.0 Å². The van der Waals surface area contributed by atoms with Crippen LogP contribution in [-0.4, -0.2) is 53.6 Å². The van der Waals surface area contributed by atoms with Crippen molar-refractivity contribution in [1.82, 2.24) is 15.5 Å². The van der Waals surface area contributed by atoms with Crippen LogP contribution >= 0.6 is 0 Å². The van der Waals surface area contributed by atoms with Gasteiger partial charge in [0.1, 0.15) is 0 Å². The summed E-state index contributed by atoms with van der Waals surface area (Å²) < 4.78 is 0. The summed E-state index contributed by atoms with van der Waals surface area (Å²) >= 11 is 0. The Morgan fingerprint density at radius 1 is 1.10 bits per heavy atom. The summed E-state index contributed by atoms with van der Waals surface area (Å²) in [6, 6.07) is -0.288. The molecular weight excluding hydrogens is 274 g/mol. The maximum absolute atomic E-state index is 12.2. The molecule has 1 aliphatic rings. The maximum Gasteiger partial charge on any atom is 0.317 e. The number of carbonyl (C=O) groups excluding carboxylic acids is 2.